The van der Waals surface area contributed by atoms with E-state index in [1.54, 1.807) is 6.07 Å². The van der Waals surface area contributed by atoms with Crippen LogP contribution in [0.15, 0.2) is 12.1 Å². The van der Waals surface area contributed by atoms with Gasteiger partial charge in [0, 0.05) is 5.69 Å². The smallest absolute Gasteiger partial charge is 0.261 e. The number of nitrogens with zero attached hydrogens (tertiary/aromatic N) is 2. The molecule has 0 saturated carbocycles. The van der Waals surface area contributed by atoms with Gasteiger partial charge in [0.2, 0.25) is 6.29 Å². The van der Waals surface area contributed by atoms with Crippen molar-refractivity contribution < 1.29 is 36.8 Å². The summed E-state index contributed by atoms with van der Waals surface area (Å²) in [6, 6.07) is 3.59. The summed E-state index contributed by atoms with van der Waals surface area (Å²) < 4.78 is 43.3. The minimum absolute atomic E-state index is 0.149. The van der Waals surface area contributed by atoms with E-state index in [0.29, 0.717) is 25.2 Å². The average molecular weight is 434 g/mol. The molecule has 0 bridgehead atoms. The summed E-state index contributed by atoms with van der Waals surface area (Å²) in [6.45, 7) is 6.37. The monoisotopic (exact) mass is 433 g/mol. The number of quaternary nitrogens is 1. The van der Waals surface area contributed by atoms with Gasteiger partial charge in [0.15, 0.2) is 0 Å². The maximum Gasteiger partial charge on any atom is 0.261 e. The zero-order valence-electron chi connectivity index (χ0n) is 17.2. The summed E-state index contributed by atoms with van der Waals surface area (Å²) in [5, 5.41) is 9.94. The number of rotatable bonds is 7. The third kappa shape index (κ3) is 9.37. The molecular formula is C19H33N2O7S+. The van der Waals surface area contributed by atoms with Gasteiger partial charge in [-0.2, -0.15) is 8.42 Å². The summed E-state index contributed by atoms with van der Waals surface area (Å²) in [7, 11) is -1.34. The second kappa shape index (κ2) is 11.2. The molecule has 3 heterocycles. The SMILES string of the molecule is CS(=O)(=O)O.C[N+]1(CCCCCc2ccc(O)c(C3OCCO3)n2)CCOCC1. The maximum atomic E-state index is 9.94. The number of aromatic hydroxyl groups is 1. The van der Waals surface area contributed by atoms with Crippen molar-refractivity contribution in [3.8, 4) is 5.75 Å². The summed E-state index contributed by atoms with van der Waals surface area (Å²) in [5.41, 5.74) is 1.50. The zero-order valence-corrected chi connectivity index (χ0v) is 18.1. The van der Waals surface area contributed by atoms with Crippen LogP contribution in [0, 0.1) is 0 Å². The molecule has 0 aromatic carbocycles. The van der Waals surface area contributed by atoms with Crippen molar-refractivity contribution >= 4 is 10.1 Å². The van der Waals surface area contributed by atoms with E-state index in [1.807, 2.05) is 6.07 Å². The van der Waals surface area contributed by atoms with Crippen LogP contribution in [0.2, 0.25) is 0 Å². The molecule has 0 radical (unpaired) electrons. The van der Waals surface area contributed by atoms with Crippen molar-refractivity contribution in [2.75, 3.05) is 59.4 Å². The summed E-state index contributed by atoms with van der Waals surface area (Å²) in [5.74, 6) is 0.149. The van der Waals surface area contributed by atoms with Gasteiger partial charge < -0.3 is 23.8 Å². The number of unbranched alkanes of at least 4 members (excludes halogenated alkanes) is 2. The van der Waals surface area contributed by atoms with Gasteiger partial charge in [-0.15, -0.1) is 0 Å². The van der Waals surface area contributed by atoms with Gasteiger partial charge in [0.1, 0.15) is 24.5 Å². The van der Waals surface area contributed by atoms with Gasteiger partial charge in [-0.3, -0.25) is 4.55 Å². The first kappa shape index (κ1) is 24.0. The molecule has 2 saturated heterocycles. The Morgan fingerprint density at radius 3 is 2.34 bits per heavy atom. The molecule has 1 aromatic rings. The lowest BCUT2D eigenvalue weighted by Gasteiger charge is -2.37. The lowest BCUT2D eigenvalue weighted by atomic mass is 10.1. The van der Waals surface area contributed by atoms with Crippen LogP contribution in [0.4, 0.5) is 0 Å². The number of morpholine rings is 1. The van der Waals surface area contributed by atoms with E-state index in [4.69, 9.17) is 18.8 Å². The molecule has 2 aliphatic rings. The van der Waals surface area contributed by atoms with Crippen LogP contribution in [0.5, 0.6) is 5.75 Å². The Labute approximate surface area is 172 Å². The molecule has 0 aliphatic carbocycles. The first-order valence-electron chi connectivity index (χ1n) is 9.92. The van der Waals surface area contributed by atoms with E-state index in [-0.39, 0.29) is 5.75 Å². The third-order valence-corrected chi connectivity index (χ3v) is 4.99. The van der Waals surface area contributed by atoms with Gasteiger partial charge in [-0.25, -0.2) is 4.98 Å². The van der Waals surface area contributed by atoms with Crippen molar-refractivity contribution in [2.45, 2.75) is 32.0 Å². The second-order valence-corrected chi connectivity index (χ2v) is 9.19. The van der Waals surface area contributed by atoms with Crippen LogP contribution in [0.3, 0.4) is 0 Å². The molecule has 0 unspecified atom stereocenters. The first-order valence-corrected chi connectivity index (χ1v) is 11.8. The molecule has 2 fully saturated rings. The zero-order chi connectivity index (χ0) is 21.3. The largest absolute Gasteiger partial charge is 0.506 e. The molecule has 3 rings (SSSR count). The van der Waals surface area contributed by atoms with Crippen molar-refractivity contribution in [2.24, 2.45) is 0 Å². The molecule has 0 spiro atoms. The Morgan fingerprint density at radius 2 is 1.72 bits per heavy atom. The molecular weight excluding hydrogens is 400 g/mol. The van der Waals surface area contributed by atoms with Crippen LogP contribution < -0.4 is 0 Å². The number of hydrogen-bond donors (Lipinski definition) is 2. The number of hydrogen-bond acceptors (Lipinski definition) is 7. The van der Waals surface area contributed by atoms with E-state index in [9.17, 15) is 13.5 Å². The normalized spacial score (nSPS) is 19.6. The molecule has 29 heavy (non-hydrogen) atoms. The van der Waals surface area contributed by atoms with E-state index < -0.39 is 16.4 Å². The first-order chi connectivity index (χ1) is 13.7. The maximum absolute atomic E-state index is 9.94. The lowest BCUT2D eigenvalue weighted by molar-refractivity contribution is -0.917. The Hall–Kier alpha value is -1.30. The average Bonchev–Trinajstić information content (AvgIpc) is 3.16. The highest BCUT2D eigenvalue weighted by molar-refractivity contribution is 7.85. The van der Waals surface area contributed by atoms with Gasteiger partial charge in [0.25, 0.3) is 10.1 Å². The van der Waals surface area contributed by atoms with Gasteiger partial charge in [0.05, 0.1) is 46.3 Å². The van der Waals surface area contributed by atoms with E-state index in [2.05, 4.69) is 12.0 Å². The fraction of sp³-hybridized carbons (Fsp3) is 0.737. The standard InChI is InChI=1S/C18H28N2O4.CH4O3S/c1-20(9-11-22-12-10-20)8-4-2-3-5-15-6-7-16(21)17(19-15)18-23-13-14-24-18;1-5(2,3)4/h6-7,18H,2-5,8-14H2,1H3;1H3,(H,2,3,4)/p+1. The van der Waals surface area contributed by atoms with E-state index in [1.165, 1.54) is 19.4 Å². The van der Waals surface area contributed by atoms with Crippen molar-refractivity contribution in [3.05, 3.63) is 23.5 Å². The van der Waals surface area contributed by atoms with Crippen LogP contribution >= 0.6 is 0 Å². The number of aryl methyl sites for hydroxylation is 1. The molecule has 2 N–H and O–H groups in total. The van der Waals surface area contributed by atoms with Crippen LogP contribution in [-0.4, -0.2) is 86.9 Å². The van der Waals surface area contributed by atoms with E-state index in [0.717, 1.165) is 49.3 Å². The molecule has 1 aromatic heterocycles. The predicted molar refractivity (Wildman–Crippen MR) is 107 cm³/mol. The molecule has 9 nitrogen and oxygen atoms in total. The Morgan fingerprint density at radius 1 is 1.10 bits per heavy atom. The minimum Gasteiger partial charge on any atom is -0.506 e. The molecule has 10 heteroatoms. The minimum atomic E-state index is -3.67. The predicted octanol–water partition coefficient (Wildman–Crippen LogP) is 1.53. The van der Waals surface area contributed by atoms with Crippen molar-refractivity contribution in [1.82, 2.24) is 4.98 Å². The summed E-state index contributed by atoms with van der Waals surface area (Å²) in [6.07, 6.45) is 4.66. The Balaban J connectivity index is 0.000000537. The number of likely N-dealkylation sites (N-methyl/N-ethyl adjacent to an activating group) is 1. The molecule has 0 atom stereocenters. The van der Waals surface area contributed by atoms with Gasteiger partial charge in [-0.1, -0.05) is 0 Å². The van der Waals surface area contributed by atoms with Crippen molar-refractivity contribution in [1.29, 1.82) is 0 Å². The van der Waals surface area contributed by atoms with Gasteiger partial charge >= 0.3 is 0 Å². The highest BCUT2D eigenvalue weighted by Crippen LogP contribution is 2.29. The van der Waals surface area contributed by atoms with Crippen LogP contribution in [0.1, 0.15) is 36.9 Å². The fourth-order valence-electron chi connectivity index (χ4n) is 3.32. The second-order valence-electron chi connectivity index (χ2n) is 7.73. The Bertz CT molecular complexity index is 722. The molecule has 166 valence electrons. The summed E-state index contributed by atoms with van der Waals surface area (Å²) in [4.78, 5) is 4.53. The fourth-order valence-corrected chi connectivity index (χ4v) is 3.32. The molecule has 2 aliphatic heterocycles. The third-order valence-electron chi connectivity index (χ3n) is 4.99. The van der Waals surface area contributed by atoms with E-state index >= 15 is 0 Å². The number of pyridine rings is 1. The number of ether oxygens (including phenoxy) is 3. The summed E-state index contributed by atoms with van der Waals surface area (Å²) >= 11 is 0. The van der Waals surface area contributed by atoms with Crippen LogP contribution in [-0.2, 0) is 30.7 Å². The topological polar surface area (TPSA) is 115 Å². The molecule has 0 amide bonds. The number of aromatic nitrogens is 1. The Kier molecular flexibility index (Phi) is 9.25. The van der Waals surface area contributed by atoms with Crippen LogP contribution in [0.25, 0.3) is 0 Å². The van der Waals surface area contributed by atoms with Crippen molar-refractivity contribution in [3.63, 3.8) is 0 Å². The quantitative estimate of drug-likeness (QED) is 0.378. The van der Waals surface area contributed by atoms with Gasteiger partial charge in [-0.05, 0) is 37.8 Å². The highest BCUT2D eigenvalue weighted by Gasteiger charge is 2.25. The highest BCUT2D eigenvalue weighted by atomic mass is 32.2. The lowest BCUT2D eigenvalue weighted by Crippen LogP contribution is -2.52.